The Bertz CT molecular complexity index is 647. The van der Waals surface area contributed by atoms with Gasteiger partial charge in [0.05, 0.1) is 19.1 Å². The Labute approximate surface area is 130 Å². The van der Waals surface area contributed by atoms with Gasteiger partial charge in [0, 0.05) is 17.2 Å². The van der Waals surface area contributed by atoms with Gasteiger partial charge in [0.1, 0.15) is 5.57 Å². The van der Waals surface area contributed by atoms with Crippen LogP contribution in [0.1, 0.15) is 5.56 Å². The lowest BCUT2D eigenvalue weighted by molar-refractivity contribution is -0.384. The molecule has 0 aliphatic heterocycles. The fourth-order valence-corrected chi connectivity index (χ4v) is 1.64. The highest BCUT2D eigenvalue weighted by molar-refractivity contribution is 6.32. The molecule has 0 aliphatic rings. The standard InChI is InChI=1S/C14H12ClNO6/c1-21-13(17)11(14(18)22-2)5-3-4-9-8-10(16(19)20)6-7-12(9)15/h3-8H,1-2H3. The van der Waals surface area contributed by atoms with E-state index in [-0.39, 0.29) is 16.3 Å². The molecule has 0 unspecified atom stereocenters. The molecule has 1 rings (SSSR count). The van der Waals surface area contributed by atoms with Crippen molar-refractivity contribution in [2.24, 2.45) is 0 Å². The zero-order valence-corrected chi connectivity index (χ0v) is 12.5. The van der Waals surface area contributed by atoms with Crippen molar-refractivity contribution in [3.05, 3.63) is 56.6 Å². The number of nitro benzene ring substituents is 1. The summed E-state index contributed by atoms with van der Waals surface area (Å²) >= 11 is 5.92. The average Bonchev–Trinajstić information content (AvgIpc) is 2.51. The second-order valence-corrected chi connectivity index (χ2v) is 4.29. The van der Waals surface area contributed by atoms with Crippen LogP contribution in [0.2, 0.25) is 5.02 Å². The van der Waals surface area contributed by atoms with E-state index in [2.05, 4.69) is 9.47 Å². The Morgan fingerprint density at radius 3 is 2.32 bits per heavy atom. The van der Waals surface area contributed by atoms with E-state index < -0.39 is 16.9 Å². The molecule has 0 amide bonds. The van der Waals surface area contributed by atoms with Crippen molar-refractivity contribution in [2.75, 3.05) is 14.2 Å². The van der Waals surface area contributed by atoms with Gasteiger partial charge >= 0.3 is 11.9 Å². The summed E-state index contributed by atoms with van der Waals surface area (Å²) in [5.74, 6) is -1.72. The summed E-state index contributed by atoms with van der Waals surface area (Å²) in [6.07, 6.45) is 3.93. The summed E-state index contributed by atoms with van der Waals surface area (Å²) < 4.78 is 8.91. The Kier molecular flexibility index (Phi) is 6.27. The minimum absolute atomic E-state index is 0.130. The van der Waals surface area contributed by atoms with Crippen LogP contribution in [0.4, 0.5) is 5.69 Å². The Balaban J connectivity index is 3.11. The number of esters is 2. The van der Waals surface area contributed by atoms with Crippen LogP contribution in [-0.4, -0.2) is 31.1 Å². The maximum atomic E-state index is 11.4. The zero-order valence-electron chi connectivity index (χ0n) is 11.7. The van der Waals surface area contributed by atoms with Crippen molar-refractivity contribution in [3.63, 3.8) is 0 Å². The number of ether oxygens (including phenoxy) is 2. The first-order valence-electron chi connectivity index (χ1n) is 5.89. The number of benzene rings is 1. The lowest BCUT2D eigenvalue weighted by atomic mass is 10.1. The number of halogens is 1. The van der Waals surface area contributed by atoms with Crippen LogP contribution in [0.3, 0.4) is 0 Å². The number of allylic oxidation sites excluding steroid dienone is 2. The van der Waals surface area contributed by atoms with Gasteiger partial charge in [-0.15, -0.1) is 0 Å². The molecule has 0 aromatic heterocycles. The first-order valence-corrected chi connectivity index (χ1v) is 6.27. The van der Waals surface area contributed by atoms with Gasteiger partial charge in [-0.2, -0.15) is 0 Å². The van der Waals surface area contributed by atoms with Crippen LogP contribution in [-0.2, 0) is 19.1 Å². The third-order valence-corrected chi connectivity index (χ3v) is 2.88. The van der Waals surface area contributed by atoms with Gasteiger partial charge in [-0.05, 0) is 17.7 Å². The Morgan fingerprint density at radius 2 is 1.82 bits per heavy atom. The van der Waals surface area contributed by atoms with Gasteiger partial charge < -0.3 is 9.47 Å². The highest BCUT2D eigenvalue weighted by atomic mass is 35.5. The first kappa shape index (κ1) is 17.4. The fraction of sp³-hybridized carbons (Fsp3) is 0.143. The molecular weight excluding hydrogens is 314 g/mol. The minimum atomic E-state index is -0.860. The number of nitrogens with zero attached hydrogens (tertiary/aromatic N) is 1. The van der Waals surface area contributed by atoms with E-state index in [4.69, 9.17) is 11.6 Å². The van der Waals surface area contributed by atoms with Crippen molar-refractivity contribution in [3.8, 4) is 0 Å². The zero-order chi connectivity index (χ0) is 16.7. The summed E-state index contributed by atoms with van der Waals surface area (Å²) in [5, 5.41) is 11.0. The smallest absolute Gasteiger partial charge is 0.345 e. The second-order valence-electron chi connectivity index (χ2n) is 3.89. The molecule has 0 heterocycles. The molecule has 0 saturated carbocycles. The summed E-state index contributed by atoms with van der Waals surface area (Å²) in [6, 6.07) is 3.91. The summed E-state index contributed by atoms with van der Waals surface area (Å²) in [4.78, 5) is 33.0. The molecule has 0 aliphatic carbocycles. The summed E-state index contributed by atoms with van der Waals surface area (Å²) in [7, 11) is 2.25. The lowest BCUT2D eigenvalue weighted by Gasteiger charge is -2.01. The number of hydrogen-bond donors (Lipinski definition) is 0. The fourth-order valence-electron chi connectivity index (χ4n) is 1.46. The quantitative estimate of drug-likeness (QED) is 0.157. The third kappa shape index (κ3) is 4.42. The van der Waals surface area contributed by atoms with Crippen molar-refractivity contribution in [1.82, 2.24) is 0 Å². The molecule has 22 heavy (non-hydrogen) atoms. The molecule has 1 aromatic rings. The topological polar surface area (TPSA) is 95.7 Å². The molecule has 116 valence electrons. The van der Waals surface area contributed by atoms with Crippen molar-refractivity contribution < 1.29 is 24.0 Å². The van der Waals surface area contributed by atoms with Crippen LogP contribution >= 0.6 is 11.6 Å². The van der Waals surface area contributed by atoms with Crippen LogP contribution in [0.15, 0.2) is 35.9 Å². The number of rotatable bonds is 5. The van der Waals surface area contributed by atoms with E-state index in [1.807, 2.05) is 0 Å². The summed E-state index contributed by atoms with van der Waals surface area (Å²) in [5.41, 5.74) is -0.0850. The van der Waals surface area contributed by atoms with Crippen LogP contribution in [0, 0.1) is 10.1 Å². The van der Waals surface area contributed by atoms with Gasteiger partial charge in [-0.1, -0.05) is 23.8 Å². The SMILES string of the molecule is COC(=O)C(=CC=Cc1cc([N+](=O)[O-])ccc1Cl)C(=O)OC. The molecular formula is C14H12ClNO6. The number of nitro groups is 1. The second kappa shape index (κ2) is 7.94. The van der Waals surface area contributed by atoms with E-state index in [1.54, 1.807) is 0 Å². The maximum absolute atomic E-state index is 11.4. The minimum Gasteiger partial charge on any atom is -0.465 e. The average molecular weight is 326 g/mol. The van der Waals surface area contributed by atoms with Gasteiger partial charge in [0.2, 0.25) is 0 Å². The van der Waals surface area contributed by atoms with Crippen LogP contribution in [0.5, 0.6) is 0 Å². The van der Waals surface area contributed by atoms with E-state index in [1.165, 1.54) is 36.4 Å². The Hall–Kier alpha value is -2.67. The van der Waals surface area contributed by atoms with Crippen LogP contribution < -0.4 is 0 Å². The van der Waals surface area contributed by atoms with E-state index in [0.717, 1.165) is 14.2 Å². The molecule has 0 atom stereocenters. The van der Waals surface area contributed by atoms with Gasteiger partial charge in [0.25, 0.3) is 5.69 Å². The van der Waals surface area contributed by atoms with Gasteiger partial charge in [-0.25, -0.2) is 9.59 Å². The van der Waals surface area contributed by atoms with Crippen LogP contribution in [0.25, 0.3) is 6.08 Å². The maximum Gasteiger partial charge on any atom is 0.345 e. The number of hydrogen-bond acceptors (Lipinski definition) is 6. The lowest BCUT2D eigenvalue weighted by Crippen LogP contribution is -2.15. The largest absolute Gasteiger partial charge is 0.465 e. The van der Waals surface area contributed by atoms with Crippen molar-refractivity contribution in [2.45, 2.75) is 0 Å². The first-order chi connectivity index (χ1) is 10.4. The number of carbonyl (C=O) groups is 2. The highest BCUT2D eigenvalue weighted by Gasteiger charge is 2.18. The predicted octanol–water partition coefficient (Wildman–Crippen LogP) is 2.53. The molecule has 0 fully saturated rings. The molecule has 0 N–H and O–H groups in total. The molecule has 7 nitrogen and oxygen atoms in total. The van der Waals surface area contributed by atoms with E-state index >= 15 is 0 Å². The molecule has 1 aromatic carbocycles. The van der Waals surface area contributed by atoms with Gasteiger partial charge in [-0.3, -0.25) is 10.1 Å². The third-order valence-electron chi connectivity index (χ3n) is 2.54. The molecule has 8 heteroatoms. The van der Waals surface area contributed by atoms with Crippen molar-refractivity contribution in [1.29, 1.82) is 0 Å². The highest BCUT2D eigenvalue weighted by Crippen LogP contribution is 2.23. The molecule has 0 saturated heterocycles. The van der Waals surface area contributed by atoms with E-state index in [0.29, 0.717) is 5.56 Å². The predicted molar refractivity (Wildman–Crippen MR) is 79.3 cm³/mol. The van der Waals surface area contributed by atoms with E-state index in [9.17, 15) is 19.7 Å². The monoisotopic (exact) mass is 325 g/mol. The Morgan fingerprint density at radius 1 is 1.23 bits per heavy atom. The normalized spacial score (nSPS) is 10.1. The number of methoxy groups -OCH3 is 2. The number of carbonyl (C=O) groups excluding carboxylic acids is 2. The van der Waals surface area contributed by atoms with Crippen molar-refractivity contribution >= 4 is 35.3 Å². The number of non-ortho nitro benzene ring substituents is 1. The van der Waals surface area contributed by atoms with Gasteiger partial charge in [0.15, 0.2) is 0 Å². The molecule has 0 radical (unpaired) electrons. The molecule has 0 bridgehead atoms. The molecule has 0 spiro atoms. The summed E-state index contributed by atoms with van der Waals surface area (Å²) in [6.45, 7) is 0.